The van der Waals surface area contributed by atoms with E-state index in [1.165, 1.54) is 17.7 Å². The Kier molecular flexibility index (Phi) is 4.17. The van der Waals surface area contributed by atoms with Gasteiger partial charge in [-0.05, 0) is 19.1 Å². The molecule has 0 aromatic carbocycles. The smallest absolute Gasteiger partial charge is 0.339 e. The maximum atomic E-state index is 12.1. The molecule has 3 heterocycles. The topological polar surface area (TPSA) is 77.0 Å². The molecule has 0 aliphatic heterocycles. The Morgan fingerprint density at radius 2 is 2.27 bits per heavy atom. The van der Waals surface area contributed by atoms with Gasteiger partial charge in [0, 0.05) is 11.6 Å². The average molecular weight is 335 g/mol. The van der Waals surface area contributed by atoms with Gasteiger partial charge < -0.3 is 10.1 Å². The second-order valence-electron chi connectivity index (χ2n) is 4.24. The highest BCUT2D eigenvalue weighted by Gasteiger charge is 2.18. The summed E-state index contributed by atoms with van der Waals surface area (Å²) in [6, 6.07) is 3.53. The summed E-state index contributed by atoms with van der Waals surface area (Å²) in [5, 5.41) is 5.75. The first kappa shape index (κ1) is 14.7. The monoisotopic (exact) mass is 334 g/mol. The fourth-order valence-electron chi connectivity index (χ4n) is 1.94. The van der Waals surface area contributed by atoms with Gasteiger partial charge in [0.25, 0.3) is 0 Å². The van der Waals surface area contributed by atoms with Gasteiger partial charge in [0.1, 0.15) is 17.0 Å². The molecule has 0 fully saturated rings. The fourth-order valence-corrected chi connectivity index (χ4v) is 2.98. The Morgan fingerprint density at radius 3 is 3.05 bits per heavy atom. The summed E-state index contributed by atoms with van der Waals surface area (Å²) in [4.78, 5) is 25.1. The lowest BCUT2D eigenvalue weighted by Gasteiger charge is -2.08. The molecular formula is C14H11ClN4O2S. The van der Waals surface area contributed by atoms with Crippen LogP contribution in [0.25, 0.3) is 10.2 Å². The second kappa shape index (κ2) is 6.25. The Bertz CT molecular complexity index is 837. The molecule has 1 N–H and O–H groups in total. The van der Waals surface area contributed by atoms with Crippen molar-refractivity contribution in [2.45, 2.75) is 6.92 Å². The molecule has 0 saturated carbocycles. The zero-order chi connectivity index (χ0) is 15.5. The van der Waals surface area contributed by atoms with Crippen LogP contribution in [0.5, 0.6) is 0 Å². The molecular weight excluding hydrogens is 324 g/mol. The number of thiophene rings is 1. The summed E-state index contributed by atoms with van der Waals surface area (Å²) in [7, 11) is 0. The number of carbonyl (C=O) groups excluding carboxylic acids is 1. The highest BCUT2D eigenvalue weighted by atomic mass is 35.5. The number of pyridine rings is 1. The first-order valence-corrected chi connectivity index (χ1v) is 7.73. The minimum absolute atomic E-state index is 0.307. The summed E-state index contributed by atoms with van der Waals surface area (Å²) >= 11 is 7.40. The normalized spacial score (nSPS) is 10.6. The van der Waals surface area contributed by atoms with E-state index in [1.807, 2.05) is 0 Å². The van der Waals surface area contributed by atoms with Gasteiger partial charge in [0.05, 0.1) is 23.2 Å². The van der Waals surface area contributed by atoms with E-state index in [2.05, 4.69) is 20.3 Å². The Balaban J connectivity index is 2.08. The number of nitrogens with one attached hydrogen (secondary N) is 1. The summed E-state index contributed by atoms with van der Waals surface area (Å²) < 4.78 is 5.07. The standard InChI is InChI=1S/C14H11ClN4O2S/c1-2-21-14(20)8-6-22-13-10(8)12(17-7-18-13)19-9-4-3-5-16-11(9)15/h3-7H,2H2,1H3,(H,17,18,19). The number of aromatic nitrogens is 3. The van der Waals surface area contributed by atoms with Crippen molar-refractivity contribution < 1.29 is 9.53 Å². The van der Waals surface area contributed by atoms with E-state index in [0.717, 1.165) is 0 Å². The zero-order valence-corrected chi connectivity index (χ0v) is 13.1. The number of esters is 1. The molecule has 0 aliphatic carbocycles. The first-order chi connectivity index (χ1) is 10.7. The van der Waals surface area contributed by atoms with Crippen LogP contribution in [0.15, 0.2) is 30.0 Å². The van der Waals surface area contributed by atoms with Gasteiger partial charge in [-0.25, -0.2) is 19.7 Å². The SMILES string of the molecule is CCOC(=O)c1csc2ncnc(Nc3cccnc3Cl)c12. The van der Waals surface area contributed by atoms with Crippen molar-refractivity contribution in [1.29, 1.82) is 0 Å². The van der Waals surface area contributed by atoms with Crippen molar-refractivity contribution in [3.63, 3.8) is 0 Å². The molecule has 112 valence electrons. The van der Waals surface area contributed by atoms with Crippen LogP contribution in [-0.2, 0) is 4.74 Å². The third-order valence-corrected chi connectivity index (χ3v) is 4.07. The third kappa shape index (κ3) is 2.72. The highest BCUT2D eigenvalue weighted by molar-refractivity contribution is 7.17. The van der Waals surface area contributed by atoms with E-state index < -0.39 is 5.97 Å². The van der Waals surface area contributed by atoms with Crippen LogP contribution < -0.4 is 5.32 Å². The molecule has 8 heteroatoms. The summed E-state index contributed by atoms with van der Waals surface area (Å²) in [5.41, 5.74) is 1.04. The lowest BCUT2D eigenvalue weighted by molar-refractivity contribution is 0.0529. The molecule has 22 heavy (non-hydrogen) atoms. The van der Waals surface area contributed by atoms with Crippen molar-refractivity contribution in [3.05, 3.63) is 40.8 Å². The van der Waals surface area contributed by atoms with Gasteiger partial charge in [-0.15, -0.1) is 11.3 Å². The summed E-state index contributed by atoms with van der Waals surface area (Å²) in [6.07, 6.45) is 3.03. The van der Waals surface area contributed by atoms with Gasteiger partial charge in [-0.1, -0.05) is 11.6 Å². The van der Waals surface area contributed by atoms with Gasteiger partial charge in [0.2, 0.25) is 0 Å². The summed E-state index contributed by atoms with van der Waals surface area (Å²) in [5.74, 6) is 0.0908. The zero-order valence-electron chi connectivity index (χ0n) is 11.5. The van der Waals surface area contributed by atoms with Gasteiger partial charge in [-0.2, -0.15) is 0 Å². The molecule has 6 nitrogen and oxygen atoms in total. The molecule has 0 atom stereocenters. The van der Waals surface area contributed by atoms with E-state index in [0.29, 0.717) is 39.0 Å². The predicted molar refractivity (Wildman–Crippen MR) is 85.9 cm³/mol. The molecule has 0 saturated heterocycles. The predicted octanol–water partition coefficient (Wildman–Crippen LogP) is 3.66. The van der Waals surface area contributed by atoms with Crippen molar-refractivity contribution >= 4 is 50.6 Å². The lowest BCUT2D eigenvalue weighted by Crippen LogP contribution is -2.05. The van der Waals surface area contributed by atoms with E-state index in [1.54, 1.807) is 30.6 Å². The molecule has 0 aliphatic rings. The number of hydrogen-bond acceptors (Lipinski definition) is 7. The van der Waals surface area contributed by atoms with E-state index in [9.17, 15) is 4.79 Å². The first-order valence-electron chi connectivity index (χ1n) is 6.47. The Morgan fingerprint density at radius 1 is 1.41 bits per heavy atom. The van der Waals surface area contributed by atoms with Crippen LogP contribution in [0.4, 0.5) is 11.5 Å². The minimum atomic E-state index is -0.399. The molecule has 3 rings (SSSR count). The lowest BCUT2D eigenvalue weighted by atomic mass is 10.2. The molecule has 0 spiro atoms. The second-order valence-corrected chi connectivity index (χ2v) is 5.46. The Hall–Kier alpha value is -2.25. The van der Waals surface area contributed by atoms with Gasteiger partial charge in [-0.3, -0.25) is 0 Å². The van der Waals surface area contributed by atoms with Crippen LogP contribution in [0.2, 0.25) is 5.15 Å². The van der Waals surface area contributed by atoms with E-state index in [4.69, 9.17) is 16.3 Å². The van der Waals surface area contributed by atoms with E-state index in [-0.39, 0.29) is 0 Å². The molecule has 0 bridgehead atoms. The molecule has 3 aromatic rings. The van der Waals surface area contributed by atoms with Crippen molar-refractivity contribution in [2.24, 2.45) is 0 Å². The number of hydrogen-bond donors (Lipinski definition) is 1. The number of fused-ring (bicyclic) bond motifs is 1. The molecule has 3 aromatic heterocycles. The number of ether oxygens (including phenoxy) is 1. The van der Waals surface area contributed by atoms with Gasteiger partial charge in [0.15, 0.2) is 5.15 Å². The Labute approximate surface area is 135 Å². The van der Waals surface area contributed by atoms with Crippen molar-refractivity contribution in [1.82, 2.24) is 15.0 Å². The number of carbonyl (C=O) groups is 1. The van der Waals surface area contributed by atoms with Crippen molar-refractivity contribution in [3.8, 4) is 0 Å². The number of rotatable bonds is 4. The molecule has 0 radical (unpaired) electrons. The number of anilines is 2. The van der Waals surface area contributed by atoms with E-state index >= 15 is 0 Å². The fraction of sp³-hybridized carbons (Fsp3) is 0.143. The highest BCUT2D eigenvalue weighted by Crippen LogP contribution is 2.32. The maximum Gasteiger partial charge on any atom is 0.339 e. The van der Waals surface area contributed by atoms with Gasteiger partial charge >= 0.3 is 5.97 Å². The van der Waals surface area contributed by atoms with Crippen LogP contribution in [0.3, 0.4) is 0 Å². The average Bonchev–Trinajstić information content (AvgIpc) is 2.95. The van der Waals surface area contributed by atoms with Crippen LogP contribution in [0, 0.1) is 0 Å². The van der Waals surface area contributed by atoms with Crippen LogP contribution >= 0.6 is 22.9 Å². The van der Waals surface area contributed by atoms with Crippen LogP contribution in [0.1, 0.15) is 17.3 Å². The quantitative estimate of drug-likeness (QED) is 0.579. The number of halogens is 1. The minimum Gasteiger partial charge on any atom is -0.462 e. The molecule has 0 unspecified atom stereocenters. The summed E-state index contributed by atoms with van der Waals surface area (Å²) in [6.45, 7) is 2.07. The van der Waals surface area contributed by atoms with Crippen molar-refractivity contribution in [2.75, 3.05) is 11.9 Å². The largest absolute Gasteiger partial charge is 0.462 e. The molecule has 0 amide bonds. The van der Waals surface area contributed by atoms with Crippen LogP contribution in [-0.4, -0.2) is 27.5 Å². The third-order valence-electron chi connectivity index (χ3n) is 2.88. The maximum absolute atomic E-state index is 12.1. The number of nitrogens with zero attached hydrogens (tertiary/aromatic N) is 3.